The quantitative estimate of drug-likeness (QED) is 0.405. The predicted octanol–water partition coefficient (Wildman–Crippen LogP) is 5.81. The molecule has 34 heavy (non-hydrogen) atoms. The lowest BCUT2D eigenvalue weighted by Gasteiger charge is -2.44. The van der Waals surface area contributed by atoms with Crippen molar-refractivity contribution in [2.75, 3.05) is 13.2 Å². The summed E-state index contributed by atoms with van der Waals surface area (Å²) < 4.78 is 7.05. The summed E-state index contributed by atoms with van der Waals surface area (Å²) in [6.07, 6.45) is 0. The Morgan fingerprint density at radius 3 is 1.68 bits per heavy atom. The number of carbonyl (C=O) groups excluding carboxylic acids is 1. The largest absolute Gasteiger partial charge is 0.406 e. The summed E-state index contributed by atoms with van der Waals surface area (Å²) in [4.78, 5) is 15.5. The molecule has 0 aliphatic rings. The molecular formula is C30H39NO2Si. The molecule has 1 amide bonds. The van der Waals surface area contributed by atoms with Gasteiger partial charge in [-0.15, -0.1) is 0 Å². The molecule has 3 nitrogen and oxygen atoms in total. The summed E-state index contributed by atoms with van der Waals surface area (Å²) in [5.74, 6) is 0.0525. The van der Waals surface area contributed by atoms with E-state index in [1.54, 1.807) is 0 Å². The van der Waals surface area contributed by atoms with Crippen LogP contribution in [0.1, 0.15) is 57.5 Å². The van der Waals surface area contributed by atoms with Crippen LogP contribution in [0.5, 0.6) is 0 Å². The Hall–Kier alpha value is -2.69. The highest BCUT2D eigenvalue weighted by atomic mass is 28.4. The number of hydrogen-bond donors (Lipinski definition) is 0. The van der Waals surface area contributed by atoms with Crippen molar-refractivity contribution in [2.45, 2.75) is 59.0 Å². The molecule has 180 valence electrons. The zero-order valence-electron chi connectivity index (χ0n) is 21.8. The molecule has 4 heteroatoms. The minimum absolute atomic E-state index is 0.0525. The van der Waals surface area contributed by atoms with Gasteiger partial charge in [-0.25, -0.2) is 0 Å². The predicted molar refractivity (Wildman–Crippen MR) is 146 cm³/mol. The van der Waals surface area contributed by atoms with Gasteiger partial charge in [0.1, 0.15) is 0 Å². The highest BCUT2D eigenvalue weighted by molar-refractivity contribution is 6.99. The Balaban J connectivity index is 1.97. The third kappa shape index (κ3) is 5.34. The summed E-state index contributed by atoms with van der Waals surface area (Å²) in [5.41, 5.74) is 1.42. The van der Waals surface area contributed by atoms with Crippen molar-refractivity contribution < 1.29 is 9.22 Å². The smallest absolute Gasteiger partial charge is 0.261 e. The van der Waals surface area contributed by atoms with Gasteiger partial charge in [0.05, 0.1) is 6.61 Å². The van der Waals surface area contributed by atoms with Gasteiger partial charge < -0.3 is 9.33 Å². The van der Waals surface area contributed by atoms with Crippen molar-refractivity contribution in [1.82, 2.24) is 4.90 Å². The third-order valence-electron chi connectivity index (χ3n) is 6.48. The molecule has 3 aromatic carbocycles. The fourth-order valence-corrected chi connectivity index (χ4v) is 9.30. The Bertz CT molecular complexity index is 1040. The van der Waals surface area contributed by atoms with E-state index in [0.717, 1.165) is 11.1 Å². The van der Waals surface area contributed by atoms with Crippen LogP contribution in [0.4, 0.5) is 0 Å². The van der Waals surface area contributed by atoms with Crippen LogP contribution in [0, 0.1) is 6.92 Å². The van der Waals surface area contributed by atoms with Gasteiger partial charge >= 0.3 is 0 Å². The van der Waals surface area contributed by atoms with E-state index < -0.39 is 8.32 Å². The van der Waals surface area contributed by atoms with Gasteiger partial charge in [-0.2, -0.15) is 0 Å². The molecule has 3 rings (SSSR count). The number of benzene rings is 3. The van der Waals surface area contributed by atoms with Crippen LogP contribution in [0.3, 0.4) is 0 Å². The van der Waals surface area contributed by atoms with E-state index >= 15 is 0 Å². The maximum atomic E-state index is 13.6. The van der Waals surface area contributed by atoms with Gasteiger partial charge in [0, 0.05) is 17.6 Å². The van der Waals surface area contributed by atoms with Gasteiger partial charge in [-0.3, -0.25) is 4.79 Å². The maximum Gasteiger partial charge on any atom is 0.261 e. The second-order valence-electron chi connectivity index (χ2n) is 11.0. The number of aryl methyl sites for hydroxylation is 1. The summed E-state index contributed by atoms with van der Waals surface area (Å²) in [5, 5.41) is 2.41. The molecular weight excluding hydrogens is 434 g/mol. The van der Waals surface area contributed by atoms with E-state index in [9.17, 15) is 4.79 Å². The number of amides is 1. The van der Waals surface area contributed by atoms with Crippen molar-refractivity contribution in [3.63, 3.8) is 0 Å². The maximum absolute atomic E-state index is 13.6. The highest BCUT2D eigenvalue weighted by Crippen LogP contribution is 2.36. The molecule has 0 aliphatic heterocycles. The Morgan fingerprint density at radius 2 is 1.24 bits per heavy atom. The van der Waals surface area contributed by atoms with Crippen LogP contribution >= 0.6 is 0 Å². The van der Waals surface area contributed by atoms with E-state index in [0.29, 0.717) is 13.2 Å². The molecule has 0 heterocycles. The Kier molecular flexibility index (Phi) is 7.84. The monoisotopic (exact) mass is 473 g/mol. The first-order valence-corrected chi connectivity index (χ1v) is 14.0. The van der Waals surface area contributed by atoms with Crippen LogP contribution in [0.2, 0.25) is 5.04 Å². The standard InChI is InChI=1S/C30H39NO2Si/c1-24-16-14-15-21-27(24)28(32)31(29(2,3)4)22-23-33-34(30(5,6)7,25-17-10-8-11-18-25)26-19-12-9-13-20-26/h8-21H,22-23H2,1-7H3. The fourth-order valence-electron chi connectivity index (χ4n) is 4.75. The molecule has 3 aromatic rings. The summed E-state index contributed by atoms with van der Waals surface area (Å²) in [7, 11) is -2.64. The van der Waals surface area contributed by atoms with Crippen LogP contribution in [0.25, 0.3) is 0 Å². The van der Waals surface area contributed by atoms with Crippen LogP contribution in [0.15, 0.2) is 84.9 Å². The molecule has 0 saturated heterocycles. The molecule has 0 aromatic heterocycles. The van der Waals surface area contributed by atoms with Crippen molar-refractivity contribution >= 4 is 24.6 Å². The van der Waals surface area contributed by atoms with Crippen molar-refractivity contribution in [3.8, 4) is 0 Å². The van der Waals surface area contributed by atoms with Crippen molar-refractivity contribution in [2.24, 2.45) is 0 Å². The van der Waals surface area contributed by atoms with E-state index in [1.807, 2.05) is 36.1 Å². The second kappa shape index (κ2) is 10.3. The second-order valence-corrected chi connectivity index (χ2v) is 15.3. The molecule has 0 spiro atoms. The van der Waals surface area contributed by atoms with E-state index in [1.165, 1.54) is 10.4 Å². The average Bonchev–Trinajstić information content (AvgIpc) is 2.79. The molecule has 0 aliphatic carbocycles. The van der Waals surface area contributed by atoms with Gasteiger partial charge in [0.15, 0.2) is 0 Å². The lowest BCUT2D eigenvalue weighted by molar-refractivity contribution is 0.0534. The molecule has 0 N–H and O–H groups in total. The van der Waals surface area contributed by atoms with Crippen LogP contribution in [-0.4, -0.2) is 37.8 Å². The van der Waals surface area contributed by atoms with Crippen LogP contribution < -0.4 is 10.4 Å². The van der Waals surface area contributed by atoms with E-state index in [2.05, 4.69) is 102 Å². The number of rotatable bonds is 7. The van der Waals surface area contributed by atoms with Crippen molar-refractivity contribution in [3.05, 3.63) is 96.1 Å². The highest BCUT2D eigenvalue weighted by Gasteiger charge is 2.50. The van der Waals surface area contributed by atoms with Crippen LogP contribution in [-0.2, 0) is 4.43 Å². The lowest BCUT2D eigenvalue weighted by atomic mass is 10.0. The van der Waals surface area contributed by atoms with Crippen molar-refractivity contribution in [1.29, 1.82) is 0 Å². The van der Waals surface area contributed by atoms with Gasteiger partial charge in [-0.05, 0) is 54.7 Å². The minimum Gasteiger partial charge on any atom is -0.406 e. The lowest BCUT2D eigenvalue weighted by Crippen LogP contribution is -2.67. The van der Waals surface area contributed by atoms with Gasteiger partial charge in [0.2, 0.25) is 0 Å². The normalized spacial score (nSPS) is 12.4. The SMILES string of the molecule is Cc1ccccc1C(=O)N(CCO[Si](c1ccccc1)(c1ccccc1)C(C)(C)C)C(C)(C)C. The number of carbonyl (C=O) groups is 1. The zero-order chi connectivity index (χ0) is 25.0. The summed E-state index contributed by atoms with van der Waals surface area (Å²) in [6, 6.07) is 29.1. The Morgan fingerprint density at radius 1 is 0.765 bits per heavy atom. The number of hydrogen-bond acceptors (Lipinski definition) is 2. The average molecular weight is 474 g/mol. The summed E-state index contributed by atoms with van der Waals surface area (Å²) in [6.45, 7) is 16.1. The number of nitrogens with zero attached hydrogens (tertiary/aromatic N) is 1. The first-order chi connectivity index (χ1) is 16.0. The van der Waals surface area contributed by atoms with Gasteiger partial charge in [0.25, 0.3) is 14.2 Å². The zero-order valence-corrected chi connectivity index (χ0v) is 22.8. The molecule has 0 saturated carbocycles. The van der Waals surface area contributed by atoms with E-state index in [-0.39, 0.29) is 16.5 Å². The van der Waals surface area contributed by atoms with E-state index in [4.69, 9.17) is 4.43 Å². The molecule has 0 atom stereocenters. The molecule has 0 unspecified atom stereocenters. The van der Waals surface area contributed by atoms with Gasteiger partial charge in [-0.1, -0.05) is 99.6 Å². The minimum atomic E-state index is -2.64. The molecule has 0 radical (unpaired) electrons. The molecule has 0 bridgehead atoms. The third-order valence-corrected chi connectivity index (χ3v) is 11.5. The topological polar surface area (TPSA) is 29.5 Å². The summed E-state index contributed by atoms with van der Waals surface area (Å²) >= 11 is 0. The first kappa shape index (κ1) is 25.9. The molecule has 0 fully saturated rings. The fraction of sp³-hybridized carbons (Fsp3) is 0.367. The first-order valence-electron chi connectivity index (χ1n) is 12.1. The Labute approximate surface area is 206 Å².